The molecule has 60 valence electrons. The largest absolute Gasteiger partial charge is 0.396 e. The zero-order valence-electron chi connectivity index (χ0n) is 6.42. The lowest BCUT2D eigenvalue weighted by Crippen LogP contribution is -1.91. The molecule has 0 atom stereocenters. The molecule has 0 spiro atoms. The van der Waals surface area contributed by atoms with Gasteiger partial charge in [0.15, 0.2) is 0 Å². The van der Waals surface area contributed by atoms with Crippen LogP contribution in [0.4, 0.5) is 0 Å². The zero-order valence-corrected chi connectivity index (χ0v) is 7.23. The summed E-state index contributed by atoms with van der Waals surface area (Å²) >= 11 is 1.76. The number of aliphatic hydroxyl groups is 1. The predicted molar refractivity (Wildman–Crippen MR) is 47.1 cm³/mol. The third-order valence-corrected chi connectivity index (χ3v) is 2.99. The van der Waals surface area contributed by atoms with E-state index >= 15 is 0 Å². The summed E-state index contributed by atoms with van der Waals surface area (Å²) in [4.78, 5) is 0. The molecular weight excluding hydrogens is 156 g/mol. The second-order valence-electron chi connectivity index (χ2n) is 3.10. The quantitative estimate of drug-likeness (QED) is 0.733. The fraction of sp³-hybridized carbons (Fsp3) is 0.556. The first-order valence-corrected chi connectivity index (χ1v) is 5.02. The van der Waals surface area contributed by atoms with Crippen molar-refractivity contribution < 1.29 is 5.11 Å². The van der Waals surface area contributed by atoms with E-state index in [-0.39, 0.29) is 6.61 Å². The fourth-order valence-corrected chi connectivity index (χ4v) is 2.39. The molecule has 1 aromatic rings. The van der Waals surface area contributed by atoms with E-state index in [0.29, 0.717) is 0 Å². The van der Waals surface area contributed by atoms with Crippen molar-refractivity contribution in [2.24, 2.45) is 0 Å². The Hall–Kier alpha value is -0.340. The molecule has 11 heavy (non-hydrogen) atoms. The molecular formula is C9H12OS. The average molecular weight is 168 g/mol. The van der Waals surface area contributed by atoms with Crippen LogP contribution in [0.25, 0.3) is 0 Å². The van der Waals surface area contributed by atoms with Gasteiger partial charge in [0.2, 0.25) is 0 Å². The summed E-state index contributed by atoms with van der Waals surface area (Å²) in [6, 6.07) is 0. The number of aliphatic hydroxyl groups excluding tert-OH is 1. The third-order valence-electron chi connectivity index (χ3n) is 2.17. The van der Waals surface area contributed by atoms with Gasteiger partial charge in [0.25, 0.3) is 0 Å². The molecule has 0 aliphatic heterocycles. The van der Waals surface area contributed by atoms with Gasteiger partial charge in [-0.15, -0.1) is 0 Å². The highest BCUT2D eigenvalue weighted by molar-refractivity contribution is 7.08. The van der Waals surface area contributed by atoms with Crippen molar-refractivity contribution in [3.63, 3.8) is 0 Å². The lowest BCUT2D eigenvalue weighted by atomic mass is 10.1. The van der Waals surface area contributed by atoms with E-state index in [1.54, 1.807) is 11.3 Å². The first kappa shape index (κ1) is 7.32. The number of rotatable bonds is 3. The van der Waals surface area contributed by atoms with Gasteiger partial charge in [0, 0.05) is 6.61 Å². The molecule has 1 fully saturated rings. The summed E-state index contributed by atoms with van der Waals surface area (Å²) in [7, 11) is 0. The van der Waals surface area contributed by atoms with Gasteiger partial charge in [-0.3, -0.25) is 0 Å². The molecule has 0 amide bonds. The molecule has 1 heterocycles. The van der Waals surface area contributed by atoms with E-state index in [4.69, 9.17) is 5.11 Å². The Morgan fingerprint density at radius 3 is 2.91 bits per heavy atom. The van der Waals surface area contributed by atoms with Crippen molar-refractivity contribution in [3.05, 3.63) is 21.9 Å². The first-order chi connectivity index (χ1) is 5.42. The van der Waals surface area contributed by atoms with Crippen molar-refractivity contribution >= 4 is 11.3 Å². The number of hydrogen-bond donors (Lipinski definition) is 1. The van der Waals surface area contributed by atoms with Gasteiger partial charge >= 0.3 is 0 Å². The van der Waals surface area contributed by atoms with Gasteiger partial charge in [-0.05, 0) is 47.1 Å². The first-order valence-electron chi connectivity index (χ1n) is 4.07. The molecule has 0 saturated heterocycles. The molecule has 2 heteroatoms. The molecule has 0 bridgehead atoms. The van der Waals surface area contributed by atoms with Gasteiger partial charge < -0.3 is 5.11 Å². The van der Waals surface area contributed by atoms with Crippen LogP contribution >= 0.6 is 11.3 Å². The summed E-state index contributed by atoms with van der Waals surface area (Å²) in [5.74, 6) is 0.836. The van der Waals surface area contributed by atoms with E-state index in [9.17, 15) is 0 Å². The molecule has 1 N–H and O–H groups in total. The van der Waals surface area contributed by atoms with Crippen LogP contribution in [0, 0.1) is 0 Å². The molecule has 1 nitrogen and oxygen atoms in total. The second-order valence-corrected chi connectivity index (χ2v) is 3.84. The van der Waals surface area contributed by atoms with Crippen molar-refractivity contribution in [3.8, 4) is 0 Å². The zero-order chi connectivity index (χ0) is 7.68. The second kappa shape index (κ2) is 2.95. The smallest absolute Gasteiger partial charge is 0.0471 e. The highest BCUT2D eigenvalue weighted by atomic mass is 32.1. The predicted octanol–water partition coefficient (Wildman–Crippen LogP) is 2.16. The Morgan fingerprint density at radius 1 is 1.45 bits per heavy atom. The van der Waals surface area contributed by atoms with Gasteiger partial charge in [-0.25, -0.2) is 0 Å². The third kappa shape index (κ3) is 1.47. The highest BCUT2D eigenvalue weighted by Gasteiger charge is 2.25. The van der Waals surface area contributed by atoms with Crippen LogP contribution < -0.4 is 0 Å². The minimum Gasteiger partial charge on any atom is -0.396 e. The Balaban J connectivity index is 2.16. The molecule has 1 aromatic heterocycles. The molecule has 2 rings (SSSR count). The Morgan fingerprint density at radius 2 is 2.27 bits per heavy atom. The maximum atomic E-state index is 8.77. The van der Waals surface area contributed by atoms with Crippen LogP contribution in [0.15, 0.2) is 10.8 Å². The average Bonchev–Trinajstić information content (AvgIpc) is 2.75. The fourth-order valence-electron chi connectivity index (χ4n) is 1.41. The minimum absolute atomic E-state index is 0.288. The molecule has 0 unspecified atom stereocenters. The number of thiophene rings is 1. The van der Waals surface area contributed by atoms with E-state index < -0.39 is 0 Å². The Kier molecular flexibility index (Phi) is 1.96. The van der Waals surface area contributed by atoms with Crippen LogP contribution in [0.3, 0.4) is 0 Å². The minimum atomic E-state index is 0.288. The molecule has 0 radical (unpaired) electrons. The monoisotopic (exact) mass is 168 g/mol. The Bertz CT molecular complexity index is 237. The van der Waals surface area contributed by atoms with Crippen molar-refractivity contribution in [1.82, 2.24) is 0 Å². The maximum Gasteiger partial charge on any atom is 0.0471 e. The molecule has 1 saturated carbocycles. The van der Waals surface area contributed by atoms with Crippen LogP contribution in [-0.4, -0.2) is 11.7 Å². The van der Waals surface area contributed by atoms with E-state index in [0.717, 1.165) is 12.3 Å². The van der Waals surface area contributed by atoms with Gasteiger partial charge in [-0.1, -0.05) is 0 Å². The van der Waals surface area contributed by atoms with Crippen LogP contribution in [0.2, 0.25) is 0 Å². The molecule has 1 aliphatic rings. The van der Waals surface area contributed by atoms with Crippen LogP contribution in [0.1, 0.15) is 29.9 Å². The van der Waals surface area contributed by atoms with E-state index in [2.05, 4.69) is 10.8 Å². The van der Waals surface area contributed by atoms with Crippen LogP contribution in [0.5, 0.6) is 0 Å². The van der Waals surface area contributed by atoms with E-state index in [1.165, 1.54) is 24.0 Å². The summed E-state index contributed by atoms with van der Waals surface area (Å²) in [5.41, 5.74) is 2.88. The topological polar surface area (TPSA) is 20.2 Å². The van der Waals surface area contributed by atoms with Gasteiger partial charge in [0.05, 0.1) is 0 Å². The summed E-state index contributed by atoms with van der Waals surface area (Å²) in [6.07, 6.45) is 3.56. The summed E-state index contributed by atoms with van der Waals surface area (Å²) in [5, 5.41) is 13.2. The van der Waals surface area contributed by atoms with Gasteiger partial charge in [-0.2, -0.15) is 11.3 Å². The Labute approximate surface area is 70.7 Å². The SMILES string of the molecule is OCCc1cscc1C1CC1. The van der Waals surface area contributed by atoms with Crippen LogP contribution in [-0.2, 0) is 6.42 Å². The van der Waals surface area contributed by atoms with E-state index in [1.807, 2.05) is 0 Å². The maximum absolute atomic E-state index is 8.77. The highest BCUT2D eigenvalue weighted by Crippen LogP contribution is 2.42. The van der Waals surface area contributed by atoms with Crippen molar-refractivity contribution in [1.29, 1.82) is 0 Å². The normalized spacial score (nSPS) is 17.2. The number of hydrogen-bond acceptors (Lipinski definition) is 2. The standard InChI is InChI=1S/C9H12OS/c10-4-3-8-5-11-6-9(8)7-1-2-7/h5-7,10H,1-4H2. The van der Waals surface area contributed by atoms with Gasteiger partial charge in [0.1, 0.15) is 0 Å². The lowest BCUT2D eigenvalue weighted by Gasteiger charge is -1.97. The molecule has 1 aliphatic carbocycles. The summed E-state index contributed by atoms with van der Waals surface area (Å²) in [6.45, 7) is 0.288. The van der Waals surface area contributed by atoms with Crippen molar-refractivity contribution in [2.45, 2.75) is 25.2 Å². The van der Waals surface area contributed by atoms with Crippen molar-refractivity contribution in [2.75, 3.05) is 6.61 Å². The lowest BCUT2D eigenvalue weighted by molar-refractivity contribution is 0.299. The molecule has 0 aromatic carbocycles. The summed E-state index contributed by atoms with van der Waals surface area (Å²) < 4.78 is 0.